The number of carbonyl (C=O) groups is 2. The maximum atomic E-state index is 12.6. The molecule has 1 unspecified atom stereocenters. The first-order valence-electron chi connectivity index (χ1n) is 9.19. The number of nitrogens with one attached hydrogen (secondary N) is 1. The maximum absolute atomic E-state index is 12.6. The first kappa shape index (κ1) is 20.2. The Hall–Kier alpha value is -3.11. The monoisotopic (exact) mass is 442 g/mol. The summed E-state index contributed by atoms with van der Waals surface area (Å²) >= 11 is 1.01. The van der Waals surface area contributed by atoms with Crippen LogP contribution in [0.5, 0.6) is 0 Å². The normalized spacial score (nSPS) is 16.6. The highest BCUT2D eigenvalue weighted by Crippen LogP contribution is 2.27. The summed E-state index contributed by atoms with van der Waals surface area (Å²) in [4.78, 5) is 26.7. The van der Waals surface area contributed by atoms with Gasteiger partial charge in [-0.1, -0.05) is 47.7 Å². The van der Waals surface area contributed by atoms with Crippen molar-refractivity contribution in [2.24, 2.45) is 5.92 Å². The third-order valence-corrected chi connectivity index (χ3v) is 7.34. The summed E-state index contributed by atoms with van der Waals surface area (Å²) in [5, 5.41) is 10.9. The van der Waals surface area contributed by atoms with Gasteiger partial charge in [-0.25, -0.2) is 8.42 Å². The van der Waals surface area contributed by atoms with Gasteiger partial charge in [-0.05, 0) is 24.3 Å². The lowest BCUT2D eigenvalue weighted by Gasteiger charge is -2.16. The predicted octanol–water partition coefficient (Wildman–Crippen LogP) is 2.50. The largest absolute Gasteiger partial charge is 0.312 e. The van der Waals surface area contributed by atoms with Crippen LogP contribution < -0.4 is 10.2 Å². The van der Waals surface area contributed by atoms with Gasteiger partial charge < -0.3 is 10.2 Å². The van der Waals surface area contributed by atoms with Gasteiger partial charge in [0.15, 0.2) is 9.84 Å². The Labute approximate surface area is 177 Å². The zero-order chi connectivity index (χ0) is 21.1. The Morgan fingerprint density at radius 1 is 1.07 bits per heavy atom. The molecule has 1 saturated heterocycles. The fraction of sp³-hybridized carbons (Fsp3) is 0.200. The summed E-state index contributed by atoms with van der Waals surface area (Å²) in [6.07, 6.45) is 0.106. The lowest BCUT2D eigenvalue weighted by molar-refractivity contribution is -0.122. The summed E-state index contributed by atoms with van der Waals surface area (Å²) in [5.41, 5.74) is 0.752. The molecule has 1 aliphatic rings. The SMILES string of the molecule is O=C(Nc1nnc(CS(=O)(=O)c2ccccc2)s1)C1CC(=O)N(c2ccccc2)C1. The second-order valence-corrected chi connectivity index (χ2v) is 9.85. The van der Waals surface area contributed by atoms with Crippen molar-refractivity contribution in [2.75, 3.05) is 16.8 Å². The molecule has 2 aromatic carbocycles. The van der Waals surface area contributed by atoms with Gasteiger partial charge in [0, 0.05) is 18.7 Å². The van der Waals surface area contributed by atoms with E-state index in [4.69, 9.17) is 0 Å². The number of rotatable bonds is 6. The fourth-order valence-corrected chi connectivity index (χ4v) is 5.54. The van der Waals surface area contributed by atoms with Crippen molar-refractivity contribution in [2.45, 2.75) is 17.1 Å². The van der Waals surface area contributed by atoms with E-state index in [9.17, 15) is 18.0 Å². The summed E-state index contributed by atoms with van der Waals surface area (Å²) in [6.45, 7) is 0.280. The minimum Gasteiger partial charge on any atom is -0.312 e. The molecule has 1 aromatic heterocycles. The standard InChI is InChI=1S/C20H18N4O4S2/c25-18-11-14(12-24(18)15-7-3-1-4-8-15)19(26)21-20-23-22-17(29-20)13-30(27,28)16-9-5-2-6-10-16/h1-10,14H,11-13H2,(H,21,23,26). The first-order valence-corrected chi connectivity index (χ1v) is 11.7. The quantitative estimate of drug-likeness (QED) is 0.628. The Kier molecular flexibility index (Phi) is 5.60. The van der Waals surface area contributed by atoms with Gasteiger partial charge >= 0.3 is 0 Å². The van der Waals surface area contributed by atoms with E-state index in [1.54, 1.807) is 23.1 Å². The van der Waals surface area contributed by atoms with Crippen LogP contribution in [-0.2, 0) is 25.2 Å². The van der Waals surface area contributed by atoms with Crippen molar-refractivity contribution in [3.05, 3.63) is 65.7 Å². The van der Waals surface area contributed by atoms with E-state index in [0.717, 1.165) is 17.0 Å². The van der Waals surface area contributed by atoms with Gasteiger partial charge in [-0.3, -0.25) is 9.59 Å². The summed E-state index contributed by atoms with van der Waals surface area (Å²) in [5.74, 6) is -1.27. The molecule has 1 aliphatic heterocycles. The zero-order valence-electron chi connectivity index (χ0n) is 15.8. The molecule has 0 bridgehead atoms. The number of amides is 2. The van der Waals surface area contributed by atoms with Gasteiger partial charge in [0.05, 0.1) is 10.8 Å². The van der Waals surface area contributed by atoms with E-state index in [0.29, 0.717) is 0 Å². The zero-order valence-corrected chi connectivity index (χ0v) is 17.4. The number of hydrogen-bond donors (Lipinski definition) is 1. The van der Waals surface area contributed by atoms with Crippen LogP contribution in [-0.4, -0.2) is 37.0 Å². The Balaban J connectivity index is 1.39. The highest BCUT2D eigenvalue weighted by molar-refractivity contribution is 7.90. The molecular formula is C20H18N4O4S2. The van der Waals surface area contributed by atoms with Crippen LogP contribution >= 0.6 is 11.3 Å². The molecule has 0 spiro atoms. The Bertz CT molecular complexity index is 1160. The van der Waals surface area contributed by atoms with E-state index in [-0.39, 0.29) is 45.6 Å². The molecule has 1 fully saturated rings. The summed E-state index contributed by atoms with van der Waals surface area (Å²) in [6, 6.07) is 17.3. The van der Waals surface area contributed by atoms with Gasteiger partial charge in [-0.2, -0.15) is 0 Å². The number of hydrogen-bond acceptors (Lipinski definition) is 7. The minimum absolute atomic E-state index is 0.106. The van der Waals surface area contributed by atoms with E-state index in [1.807, 2.05) is 30.3 Å². The minimum atomic E-state index is -3.55. The molecule has 10 heteroatoms. The van der Waals surface area contributed by atoms with Crippen molar-refractivity contribution in [3.8, 4) is 0 Å². The highest BCUT2D eigenvalue weighted by atomic mass is 32.2. The molecule has 1 atom stereocenters. The highest BCUT2D eigenvalue weighted by Gasteiger charge is 2.35. The molecular weight excluding hydrogens is 424 g/mol. The van der Waals surface area contributed by atoms with Crippen LogP contribution in [0.3, 0.4) is 0 Å². The molecule has 0 saturated carbocycles. The molecule has 1 N–H and O–H groups in total. The van der Waals surface area contributed by atoms with Gasteiger partial charge in [0.2, 0.25) is 16.9 Å². The van der Waals surface area contributed by atoms with Crippen LogP contribution in [0.2, 0.25) is 0 Å². The smallest absolute Gasteiger partial charge is 0.231 e. The number of anilines is 2. The summed E-state index contributed by atoms with van der Waals surface area (Å²) in [7, 11) is -3.55. The fourth-order valence-electron chi connectivity index (χ4n) is 3.18. The lowest BCUT2D eigenvalue weighted by atomic mass is 10.1. The predicted molar refractivity (Wildman–Crippen MR) is 113 cm³/mol. The molecule has 154 valence electrons. The number of para-hydroxylation sites is 1. The maximum Gasteiger partial charge on any atom is 0.231 e. The van der Waals surface area contributed by atoms with Crippen molar-refractivity contribution >= 4 is 43.8 Å². The molecule has 2 amide bonds. The average Bonchev–Trinajstić information content (AvgIpc) is 3.35. The van der Waals surface area contributed by atoms with E-state index in [2.05, 4.69) is 15.5 Å². The molecule has 2 heterocycles. The number of benzene rings is 2. The van der Waals surface area contributed by atoms with Crippen LogP contribution in [0.25, 0.3) is 0 Å². The number of carbonyl (C=O) groups excluding carboxylic acids is 2. The molecule has 30 heavy (non-hydrogen) atoms. The van der Waals surface area contributed by atoms with Crippen molar-refractivity contribution in [3.63, 3.8) is 0 Å². The molecule has 0 aliphatic carbocycles. The van der Waals surface area contributed by atoms with E-state index in [1.165, 1.54) is 12.1 Å². The number of sulfone groups is 1. The van der Waals surface area contributed by atoms with Crippen LogP contribution in [0.1, 0.15) is 11.4 Å². The number of nitrogens with zero attached hydrogens (tertiary/aromatic N) is 3. The van der Waals surface area contributed by atoms with Gasteiger partial charge in [0.25, 0.3) is 0 Å². The second kappa shape index (κ2) is 8.33. The van der Waals surface area contributed by atoms with Crippen molar-refractivity contribution in [1.29, 1.82) is 0 Å². The van der Waals surface area contributed by atoms with Gasteiger partial charge in [0.1, 0.15) is 10.8 Å². The molecule has 8 nitrogen and oxygen atoms in total. The van der Waals surface area contributed by atoms with Crippen molar-refractivity contribution < 1.29 is 18.0 Å². The van der Waals surface area contributed by atoms with E-state index >= 15 is 0 Å². The Morgan fingerprint density at radius 2 is 1.73 bits per heavy atom. The molecule has 3 aromatic rings. The summed E-state index contributed by atoms with van der Waals surface area (Å²) < 4.78 is 24.9. The third-order valence-electron chi connectivity index (χ3n) is 4.68. The van der Waals surface area contributed by atoms with E-state index < -0.39 is 15.8 Å². The topological polar surface area (TPSA) is 109 Å². The Morgan fingerprint density at radius 3 is 2.43 bits per heavy atom. The number of aromatic nitrogens is 2. The first-order chi connectivity index (χ1) is 14.4. The molecule has 0 radical (unpaired) electrons. The average molecular weight is 443 g/mol. The van der Waals surface area contributed by atoms with Crippen molar-refractivity contribution in [1.82, 2.24) is 10.2 Å². The lowest BCUT2D eigenvalue weighted by Crippen LogP contribution is -2.28. The van der Waals surface area contributed by atoms with Gasteiger partial charge in [-0.15, -0.1) is 10.2 Å². The third kappa shape index (κ3) is 4.39. The van der Waals surface area contributed by atoms with Crippen LogP contribution in [0, 0.1) is 5.92 Å². The second-order valence-electron chi connectivity index (χ2n) is 6.80. The van der Waals surface area contributed by atoms with Crippen LogP contribution in [0.4, 0.5) is 10.8 Å². The van der Waals surface area contributed by atoms with Crippen LogP contribution in [0.15, 0.2) is 65.6 Å². The molecule has 4 rings (SSSR count).